The lowest BCUT2D eigenvalue weighted by Gasteiger charge is -2.31. The third-order valence-electron chi connectivity index (χ3n) is 15.0. The Balaban J connectivity index is 0. The van der Waals surface area contributed by atoms with E-state index in [0.717, 1.165) is 103 Å². The highest BCUT2D eigenvalue weighted by Gasteiger charge is 2.33. The van der Waals surface area contributed by atoms with Crippen LogP contribution in [0.2, 0.25) is 0 Å². The van der Waals surface area contributed by atoms with Crippen molar-refractivity contribution in [2.75, 3.05) is 32.1 Å². The smallest absolute Gasteiger partial charge is 0.224 e. The number of amides is 2. The van der Waals surface area contributed by atoms with Crippen LogP contribution in [-0.2, 0) is 16.0 Å². The van der Waals surface area contributed by atoms with E-state index < -0.39 is 0 Å². The number of carbonyl (C=O) groups is 3. The third kappa shape index (κ3) is 32.1. The molecule has 9 nitrogen and oxygen atoms in total. The van der Waals surface area contributed by atoms with Crippen molar-refractivity contribution in [3.8, 4) is 0 Å². The van der Waals surface area contributed by atoms with Gasteiger partial charge in [0.15, 0.2) is 5.78 Å². The van der Waals surface area contributed by atoms with E-state index >= 15 is 0 Å². The van der Waals surface area contributed by atoms with Gasteiger partial charge in [-0.05, 0) is 195 Å². The van der Waals surface area contributed by atoms with Crippen molar-refractivity contribution in [2.45, 2.75) is 253 Å². The molecule has 0 spiro atoms. The molecule has 2 aromatic carbocycles. The third-order valence-corrected chi connectivity index (χ3v) is 15.0. The molecule has 2 unspecified atom stereocenters. The van der Waals surface area contributed by atoms with Crippen LogP contribution in [0.5, 0.6) is 0 Å². The average molecular weight is 1180 g/mol. The Bertz CT molecular complexity index is 2440. The number of ketones is 1. The van der Waals surface area contributed by atoms with E-state index in [1.54, 1.807) is 26.3 Å². The van der Waals surface area contributed by atoms with E-state index in [1.807, 2.05) is 89.7 Å². The summed E-state index contributed by atoms with van der Waals surface area (Å²) in [6.07, 6.45) is 30.1. The zero-order valence-corrected chi connectivity index (χ0v) is 58.5. The van der Waals surface area contributed by atoms with Crippen molar-refractivity contribution in [1.29, 1.82) is 0 Å². The predicted molar refractivity (Wildman–Crippen MR) is 372 cm³/mol. The Morgan fingerprint density at radius 3 is 1.89 bits per heavy atom. The molecule has 0 bridgehead atoms. The zero-order valence-electron chi connectivity index (χ0n) is 58.5. The molecule has 1 aliphatic carbocycles. The molecule has 1 aliphatic heterocycles. The molecule has 1 saturated carbocycles. The van der Waals surface area contributed by atoms with Crippen molar-refractivity contribution in [3.05, 3.63) is 142 Å². The first-order chi connectivity index (χ1) is 40.3. The largest absolute Gasteiger partial charge is 0.388 e. The molecule has 2 N–H and O–H groups in total. The minimum absolute atomic E-state index is 0.0972. The van der Waals surface area contributed by atoms with Crippen LogP contribution < -0.4 is 15.5 Å². The quantitative estimate of drug-likeness (QED) is 0.0501. The molecule has 2 amide bonds. The number of carbonyl (C=O) groups excluding carboxylic acids is 3. The molecule has 0 radical (unpaired) electrons. The van der Waals surface area contributed by atoms with Crippen LogP contribution in [0.3, 0.4) is 0 Å². The second-order valence-electron chi connectivity index (χ2n) is 23.3. The minimum atomic E-state index is -0.284. The molecule has 480 valence electrons. The number of halogens is 1. The Hall–Kier alpha value is -5.61. The first kappa shape index (κ1) is 81.5. The summed E-state index contributed by atoms with van der Waals surface area (Å²) in [4.78, 5) is 45.0. The number of nitrogens with zero attached hydrogens (tertiary/aromatic N) is 4. The van der Waals surface area contributed by atoms with Gasteiger partial charge >= 0.3 is 0 Å². The summed E-state index contributed by atoms with van der Waals surface area (Å²) in [6.45, 7) is 54.4. The monoisotopic (exact) mass is 1180 g/mol. The molecule has 1 fully saturated rings. The van der Waals surface area contributed by atoms with E-state index in [2.05, 4.69) is 147 Å². The van der Waals surface area contributed by atoms with Crippen LogP contribution in [-0.4, -0.2) is 78.9 Å². The van der Waals surface area contributed by atoms with Crippen LogP contribution in [0.15, 0.2) is 113 Å². The molecule has 1 heterocycles. The number of nitrogens with one attached hydrogen (secondary N) is 2. The SMILES string of the molecule is C=C(/C=C(\C)C(C)C)/C(=C\C=NC)N1C=CC(NC)=CC1=C.CC.CC/C=C(\CCC)c1c(C)cc(C(C)=O)cc1F.CCCC(C)C(=O)NC(C)C.CCCC(CCC)CN(CCC)C(C)CC.CCc1ccc(C)c(N(C(C)=O)C2CC2)c1. The Kier molecular flexibility index (Phi) is 44.6. The van der Waals surface area contributed by atoms with E-state index in [-0.39, 0.29) is 35.4 Å². The number of rotatable bonds is 28. The summed E-state index contributed by atoms with van der Waals surface area (Å²) in [5, 5.41) is 6.01. The van der Waals surface area contributed by atoms with Gasteiger partial charge in [-0.25, -0.2) is 4.39 Å². The fourth-order valence-corrected chi connectivity index (χ4v) is 9.73. The Labute approximate surface area is 522 Å². The van der Waals surface area contributed by atoms with Gasteiger partial charge in [0.2, 0.25) is 11.8 Å². The molecular weight excluding hydrogens is 1050 g/mol. The van der Waals surface area contributed by atoms with Gasteiger partial charge in [0.05, 0.1) is 5.70 Å². The number of hydrogen-bond donors (Lipinski definition) is 2. The standard InChI is InChI=1S/C19H27N3.C16H21FO.C15H33N.C14H19NO.C9H19NO.C2H6/c1-14(2)15(3)12-16(4)19(8-10-20-6)22-11-9-18(21-7)13-17(22)5;1-5-7-13(8-6-2)16-11(3)9-14(12(4)18)10-15(16)17;1-6-10-15(11-7-2)13-16(12-8-3)14(5)9-4;1-4-12-6-5-10(2)14(9-12)15(11(3)16)13-7-8-13;1-5-6-8(4)9(11)10-7(2)3;1-2/h8-14,21H,4-5H2,1-3,6-7H3;7,9-10H,5-6,8H2,1-4H3;14-15H,6-13H2,1-5H3;5-6,9,13H,4,7-8H2,1-3H3;7-8H,5-6H2,1-4H3,(H,10,11);1-2H3/b15-12+,19-8+,20-10?;13-7+;;;;. The van der Waals surface area contributed by atoms with Crippen molar-refractivity contribution >= 4 is 35.1 Å². The van der Waals surface area contributed by atoms with Crippen LogP contribution in [0, 0.1) is 37.4 Å². The van der Waals surface area contributed by atoms with Crippen molar-refractivity contribution in [2.24, 2.45) is 22.7 Å². The van der Waals surface area contributed by atoms with E-state index in [9.17, 15) is 18.8 Å². The van der Waals surface area contributed by atoms with Crippen LogP contribution in [0.1, 0.15) is 248 Å². The number of likely N-dealkylation sites (N-methyl/N-ethyl adjacent to an activating group) is 1. The molecule has 2 aromatic rings. The summed E-state index contributed by atoms with van der Waals surface area (Å²) in [5.74, 6) is 1.56. The van der Waals surface area contributed by atoms with Gasteiger partial charge in [-0.15, -0.1) is 0 Å². The highest BCUT2D eigenvalue weighted by atomic mass is 19.1. The molecule has 2 atom stereocenters. The van der Waals surface area contributed by atoms with Gasteiger partial charge in [0.1, 0.15) is 5.82 Å². The fraction of sp³-hybridized carbons (Fsp3) is 0.600. The number of aryl methyl sites for hydroxylation is 3. The van der Waals surface area contributed by atoms with Crippen LogP contribution in [0.25, 0.3) is 5.57 Å². The maximum absolute atomic E-state index is 14.2. The van der Waals surface area contributed by atoms with E-state index in [0.29, 0.717) is 23.1 Å². The summed E-state index contributed by atoms with van der Waals surface area (Å²) >= 11 is 0. The van der Waals surface area contributed by atoms with Gasteiger partial charge in [-0.2, -0.15) is 0 Å². The molecular formula is C75H125FN6O3. The summed E-state index contributed by atoms with van der Waals surface area (Å²) in [7, 11) is 3.65. The molecule has 4 rings (SSSR count). The van der Waals surface area contributed by atoms with Crippen molar-refractivity contribution in [3.63, 3.8) is 0 Å². The lowest BCUT2D eigenvalue weighted by molar-refractivity contribution is -0.125. The van der Waals surface area contributed by atoms with Gasteiger partial charge < -0.3 is 25.3 Å². The summed E-state index contributed by atoms with van der Waals surface area (Å²) < 4.78 is 14.2. The minimum Gasteiger partial charge on any atom is -0.388 e. The molecule has 10 heteroatoms. The number of Topliss-reactive ketones (excluding diaryl/α,β-unsaturated/α-hetero) is 1. The Morgan fingerprint density at radius 1 is 0.847 bits per heavy atom. The summed E-state index contributed by atoms with van der Waals surface area (Å²) in [5.41, 5.74) is 11.7. The van der Waals surface area contributed by atoms with Crippen molar-refractivity contribution < 1.29 is 18.8 Å². The fourth-order valence-electron chi connectivity index (χ4n) is 9.73. The first-order valence-electron chi connectivity index (χ1n) is 32.8. The maximum Gasteiger partial charge on any atom is 0.224 e. The number of benzene rings is 2. The number of aliphatic imine (C=N–C) groups is 1. The second-order valence-corrected chi connectivity index (χ2v) is 23.3. The highest BCUT2D eigenvalue weighted by molar-refractivity contribution is 5.95. The maximum atomic E-state index is 14.2. The lowest BCUT2D eigenvalue weighted by atomic mass is 9.93. The Morgan fingerprint density at radius 2 is 1.46 bits per heavy atom. The lowest BCUT2D eigenvalue weighted by Crippen LogP contribution is -2.37. The highest BCUT2D eigenvalue weighted by Crippen LogP contribution is 2.34. The topological polar surface area (TPSA) is 97.3 Å². The second kappa shape index (κ2) is 46.6. The molecule has 0 aromatic heterocycles. The zero-order chi connectivity index (χ0) is 65.4. The number of hydrogen-bond acceptors (Lipinski definition) is 7. The molecule has 0 saturated heterocycles. The van der Waals surface area contributed by atoms with Crippen LogP contribution in [0.4, 0.5) is 10.1 Å². The van der Waals surface area contributed by atoms with Gasteiger partial charge in [-0.1, -0.05) is 159 Å². The van der Waals surface area contributed by atoms with Gasteiger partial charge in [-0.3, -0.25) is 19.4 Å². The molecule has 2 aliphatic rings. The van der Waals surface area contributed by atoms with E-state index in [4.69, 9.17) is 0 Å². The number of allylic oxidation sites excluding steroid dienone is 7. The molecule has 85 heavy (non-hydrogen) atoms. The predicted octanol–water partition coefficient (Wildman–Crippen LogP) is 19.9. The van der Waals surface area contributed by atoms with E-state index in [1.165, 1.54) is 81.3 Å². The van der Waals surface area contributed by atoms with Crippen molar-refractivity contribution in [1.82, 2.24) is 20.4 Å². The number of anilines is 1. The van der Waals surface area contributed by atoms with Gasteiger partial charge in [0.25, 0.3) is 0 Å². The van der Waals surface area contributed by atoms with Gasteiger partial charge in [0, 0.05) is 92.2 Å². The average Bonchev–Trinajstić information content (AvgIpc) is 4.47. The normalized spacial score (nSPS) is 13.9. The first-order valence-corrected chi connectivity index (χ1v) is 32.8. The van der Waals surface area contributed by atoms with Crippen LogP contribution >= 0.6 is 0 Å². The summed E-state index contributed by atoms with van der Waals surface area (Å²) in [6, 6.07) is 11.0.